The minimum atomic E-state index is -0.222. The van der Waals surface area contributed by atoms with Crippen molar-refractivity contribution in [2.24, 2.45) is 0 Å². The third-order valence-corrected chi connectivity index (χ3v) is 4.67. The molecule has 0 bridgehead atoms. The number of carbonyl (C=O) groups is 2. The highest BCUT2D eigenvalue weighted by molar-refractivity contribution is 7.15. The summed E-state index contributed by atoms with van der Waals surface area (Å²) >= 11 is 1.40. The van der Waals surface area contributed by atoms with Gasteiger partial charge in [0.1, 0.15) is 10.8 Å². The number of ether oxygens (including phenoxy) is 1. The molecule has 0 aliphatic heterocycles. The second-order valence-electron chi connectivity index (χ2n) is 5.89. The lowest BCUT2D eigenvalue weighted by molar-refractivity contribution is -0.116. The third kappa shape index (κ3) is 6.55. The Kier molecular flexibility index (Phi) is 8.21. The molecule has 0 aliphatic carbocycles. The second-order valence-corrected chi connectivity index (χ2v) is 6.95. The van der Waals surface area contributed by atoms with E-state index in [9.17, 15) is 9.59 Å². The van der Waals surface area contributed by atoms with Gasteiger partial charge in [-0.15, -0.1) is 10.2 Å². The summed E-state index contributed by atoms with van der Waals surface area (Å²) in [6, 6.07) is 6.97. The molecule has 2 rings (SSSR count). The molecule has 0 fully saturated rings. The molecule has 0 saturated carbocycles. The minimum Gasteiger partial charge on any atom is -0.494 e. The highest BCUT2D eigenvalue weighted by Crippen LogP contribution is 2.18. The van der Waals surface area contributed by atoms with Gasteiger partial charge in [-0.3, -0.25) is 9.59 Å². The number of nitrogens with zero attached hydrogens (tertiary/aromatic N) is 2. The van der Waals surface area contributed by atoms with Crippen molar-refractivity contribution in [3.63, 3.8) is 0 Å². The summed E-state index contributed by atoms with van der Waals surface area (Å²) in [6.45, 7) is 4.64. The number of carbonyl (C=O) groups excluding carboxylic acids is 2. The molecule has 0 radical (unpaired) electrons. The standard InChI is InChI=1S/C19H25N3O3S/c1-3-5-6-7-18-21-22-19(26-18)20-17(24)13-12-16(23)14-8-10-15(11-9-14)25-4-2/h8-11H,3-7,12-13H2,1-2H3,(H,20,22,24). The van der Waals surface area contributed by atoms with Crippen LogP contribution < -0.4 is 10.1 Å². The third-order valence-electron chi connectivity index (χ3n) is 3.77. The first-order valence-electron chi connectivity index (χ1n) is 9.00. The molecule has 0 saturated heterocycles. The van der Waals surface area contributed by atoms with Crippen molar-refractivity contribution in [3.05, 3.63) is 34.8 Å². The van der Waals surface area contributed by atoms with Crippen LogP contribution in [-0.4, -0.2) is 28.5 Å². The monoisotopic (exact) mass is 375 g/mol. The van der Waals surface area contributed by atoms with Gasteiger partial charge in [0.25, 0.3) is 0 Å². The van der Waals surface area contributed by atoms with Crippen molar-refractivity contribution in [1.29, 1.82) is 0 Å². The Morgan fingerprint density at radius 3 is 2.54 bits per heavy atom. The fourth-order valence-corrected chi connectivity index (χ4v) is 3.19. The van der Waals surface area contributed by atoms with Crippen LogP contribution in [0.5, 0.6) is 5.75 Å². The summed E-state index contributed by atoms with van der Waals surface area (Å²) in [7, 11) is 0. The molecule has 140 valence electrons. The number of aromatic nitrogens is 2. The summed E-state index contributed by atoms with van der Waals surface area (Å²) < 4.78 is 5.35. The maximum absolute atomic E-state index is 12.2. The van der Waals surface area contributed by atoms with Gasteiger partial charge in [0.15, 0.2) is 5.78 Å². The summed E-state index contributed by atoms with van der Waals surface area (Å²) in [6.07, 6.45) is 4.56. The molecular formula is C19H25N3O3S. The van der Waals surface area contributed by atoms with Gasteiger partial charge in [0.05, 0.1) is 6.61 Å². The number of aryl methyl sites for hydroxylation is 1. The first-order chi connectivity index (χ1) is 12.6. The van der Waals surface area contributed by atoms with Crippen molar-refractivity contribution in [3.8, 4) is 5.75 Å². The van der Waals surface area contributed by atoms with E-state index in [0.29, 0.717) is 17.3 Å². The predicted octanol–water partition coefficient (Wildman–Crippen LogP) is 4.27. The number of anilines is 1. The normalized spacial score (nSPS) is 10.5. The van der Waals surface area contributed by atoms with Crippen LogP contribution in [-0.2, 0) is 11.2 Å². The Bertz CT molecular complexity index is 713. The number of amides is 1. The van der Waals surface area contributed by atoms with Gasteiger partial charge in [-0.1, -0.05) is 31.1 Å². The smallest absolute Gasteiger partial charge is 0.226 e. The summed E-state index contributed by atoms with van der Waals surface area (Å²) in [5.74, 6) is 0.439. The van der Waals surface area contributed by atoms with Gasteiger partial charge in [0.2, 0.25) is 11.0 Å². The zero-order valence-electron chi connectivity index (χ0n) is 15.3. The summed E-state index contributed by atoms with van der Waals surface area (Å²) in [4.78, 5) is 24.2. The lowest BCUT2D eigenvalue weighted by atomic mass is 10.1. The van der Waals surface area contributed by atoms with Gasteiger partial charge < -0.3 is 10.1 Å². The molecule has 6 nitrogen and oxygen atoms in total. The van der Waals surface area contributed by atoms with Crippen molar-refractivity contribution >= 4 is 28.2 Å². The van der Waals surface area contributed by atoms with Crippen LogP contribution in [0.3, 0.4) is 0 Å². The van der Waals surface area contributed by atoms with Crippen molar-refractivity contribution in [1.82, 2.24) is 10.2 Å². The van der Waals surface area contributed by atoms with Crippen LogP contribution in [0.2, 0.25) is 0 Å². The van der Waals surface area contributed by atoms with Gasteiger partial charge in [-0.05, 0) is 37.6 Å². The zero-order chi connectivity index (χ0) is 18.8. The molecule has 0 atom stereocenters. The van der Waals surface area contributed by atoms with E-state index in [1.165, 1.54) is 11.3 Å². The van der Waals surface area contributed by atoms with E-state index in [1.807, 2.05) is 6.92 Å². The number of hydrogen-bond donors (Lipinski definition) is 1. The molecule has 1 N–H and O–H groups in total. The van der Waals surface area contributed by atoms with Crippen LogP contribution in [0.15, 0.2) is 24.3 Å². The number of Topliss-reactive ketones (excluding diaryl/α,β-unsaturated/α-hetero) is 1. The molecule has 0 unspecified atom stereocenters. The average molecular weight is 375 g/mol. The topological polar surface area (TPSA) is 81.2 Å². The quantitative estimate of drug-likeness (QED) is 0.468. The molecule has 0 spiro atoms. The van der Waals surface area contributed by atoms with Crippen LogP contribution >= 0.6 is 11.3 Å². The molecule has 26 heavy (non-hydrogen) atoms. The van der Waals surface area contributed by atoms with E-state index in [2.05, 4.69) is 22.4 Å². The first kappa shape index (κ1) is 20.0. The number of ketones is 1. The number of nitrogens with one attached hydrogen (secondary N) is 1. The van der Waals surface area contributed by atoms with Crippen molar-refractivity contribution in [2.75, 3.05) is 11.9 Å². The molecule has 1 aromatic heterocycles. The molecule has 7 heteroatoms. The second kappa shape index (κ2) is 10.7. The predicted molar refractivity (Wildman–Crippen MR) is 103 cm³/mol. The Hall–Kier alpha value is -2.28. The maximum Gasteiger partial charge on any atom is 0.226 e. The van der Waals surface area contributed by atoms with Gasteiger partial charge in [-0.2, -0.15) is 0 Å². The van der Waals surface area contributed by atoms with E-state index in [-0.39, 0.29) is 24.5 Å². The average Bonchev–Trinajstić information content (AvgIpc) is 3.08. The van der Waals surface area contributed by atoms with Crippen LogP contribution in [0, 0.1) is 0 Å². The lowest BCUT2D eigenvalue weighted by Gasteiger charge is -2.04. The van der Waals surface area contributed by atoms with E-state index in [1.54, 1.807) is 24.3 Å². The van der Waals surface area contributed by atoms with Crippen LogP contribution in [0.25, 0.3) is 0 Å². The number of unbranched alkanes of at least 4 members (excludes halogenated alkanes) is 2. The van der Waals surface area contributed by atoms with Gasteiger partial charge in [-0.25, -0.2) is 0 Å². The molecule has 1 amide bonds. The number of hydrogen-bond acceptors (Lipinski definition) is 6. The minimum absolute atomic E-state index is 0.0688. The Morgan fingerprint density at radius 2 is 1.85 bits per heavy atom. The summed E-state index contributed by atoms with van der Waals surface area (Å²) in [5, 5.41) is 12.2. The van der Waals surface area contributed by atoms with E-state index >= 15 is 0 Å². The van der Waals surface area contributed by atoms with Crippen molar-refractivity contribution < 1.29 is 14.3 Å². The van der Waals surface area contributed by atoms with E-state index in [4.69, 9.17) is 4.74 Å². The lowest BCUT2D eigenvalue weighted by Crippen LogP contribution is -2.13. The Balaban J connectivity index is 1.76. The van der Waals surface area contributed by atoms with Gasteiger partial charge >= 0.3 is 0 Å². The molecule has 1 heterocycles. The highest BCUT2D eigenvalue weighted by atomic mass is 32.1. The number of benzene rings is 1. The van der Waals surface area contributed by atoms with Crippen LogP contribution in [0.1, 0.15) is 61.3 Å². The van der Waals surface area contributed by atoms with E-state index in [0.717, 1.165) is 36.4 Å². The zero-order valence-corrected chi connectivity index (χ0v) is 16.1. The van der Waals surface area contributed by atoms with Gasteiger partial charge in [0, 0.05) is 24.8 Å². The Labute approximate surface area is 158 Å². The fraction of sp³-hybridized carbons (Fsp3) is 0.474. The Morgan fingerprint density at radius 1 is 1.08 bits per heavy atom. The SMILES string of the molecule is CCCCCc1nnc(NC(=O)CCC(=O)c2ccc(OCC)cc2)s1. The van der Waals surface area contributed by atoms with Crippen LogP contribution in [0.4, 0.5) is 5.13 Å². The largest absolute Gasteiger partial charge is 0.494 e. The fourth-order valence-electron chi connectivity index (χ4n) is 2.39. The summed E-state index contributed by atoms with van der Waals surface area (Å²) in [5.41, 5.74) is 0.579. The van der Waals surface area contributed by atoms with Crippen molar-refractivity contribution in [2.45, 2.75) is 52.4 Å². The molecule has 1 aromatic carbocycles. The first-order valence-corrected chi connectivity index (χ1v) is 9.82. The molecule has 0 aliphatic rings. The van der Waals surface area contributed by atoms with E-state index < -0.39 is 0 Å². The maximum atomic E-state index is 12.2. The number of rotatable bonds is 11. The molecule has 2 aromatic rings. The molecular weight excluding hydrogens is 350 g/mol. The highest BCUT2D eigenvalue weighted by Gasteiger charge is 2.12.